The molecule has 2 aromatic carbocycles. The molecule has 0 aliphatic heterocycles. The first-order valence-corrected chi connectivity index (χ1v) is 9.84. The lowest BCUT2D eigenvalue weighted by Gasteiger charge is -2.13. The van der Waals surface area contributed by atoms with E-state index in [0.717, 1.165) is 0 Å². The van der Waals surface area contributed by atoms with Crippen molar-refractivity contribution < 1.29 is 19.1 Å². The van der Waals surface area contributed by atoms with Crippen LogP contribution in [0.5, 0.6) is 11.5 Å². The fourth-order valence-corrected chi connectivity index (χ4v) is 3.77. The Morgan fingerprint density at radius 2 is 1.65 bits per heavy atom. The Labute approximate surface area is 184 Å². The van der Waals surface area contributed by atoms with E-state index < -0.39 is 0 Å². The second kappa shape index (κ2) is 8.53. The number of halogens is 1. The summed E-state index contributed by atoms with van der Waals surface area (Å²) >= 11 is 6.19. The normalized spacial score (nSPS) is 10.7. The highest BCUT2D eigenvalue weighted by molar-refractivity contribution is 6.33. The quantitative estimate of drug-likeness (QED) is 0.418. The summed E-state index contributed by atoms with van der Waals surface area (Å²) in [6.07, 6.45) is 3.39. The number of aromatic nitrogens is 2. The van der Waals surface area contributed by atoms with Crippen LogP contribution in [0.2, 0.25) is 5.02 Å². The van der Waals surface area contributed by atoms with Crippen molar-refractivity contribution >= 4 is 23.2 Å². The molecule has 31 heavy (non-hydrogen) atoms. The monoisotopic (exact) mass is 434 g/mol. The average Bonchev–Trinajstić information content (AvgIpc) is 3.47. The number of benzene rings is 2. The van der Waals surface area contributed by atoms with Gasteiger partial charge in [-0.25, -0.2) is 0 Å². The van der Waals surface area contributed by atoms with Gasteiger partial charge in [0.2, 0.25) is 11.6 Å². The first kappa shape index (κ1) is 20.5. The Hall–Kier alpha value is -3.77. The largest absolute Gasteiger partial charge is 0.496 e. The second-order valence-corrected chi connectivity index (χ2v) is 7.09. The third-order valence-electron chi connectivity index (χ3n) is 4.96. The van der Waals surface area contributed by atoms with Gasteiger partial charge in [0, 0.05) is 12.4 Å². The number of H-pyrrole nitrogens is 1. The molecule has 0 amide bonds. The van der Waals surface area contributed by atoms with Gasteiger partial charge in [0.15, 0.2) is 0 Å². The number of rotatable bonds is 7. The molecule has 2 aromatic heterocycles. The molecule has 0 saturated heterocycles. The lowest BCUT2D eigenvalue weighted by Crippen LogP contribution is -2.13. The maximum absolute atomic E-state index is 13.3. The summed E-state index contributed by atoms with van der Waals surface area (Å²) in [6, 6.07) is 17.2. The van der Waals surface area contributed by atoms with E-state index in [1.54, 1.807) is 77.6 Å². The third-order valence-corrected chi connectivity index (χ3v) is 5.26. The number of nitrogens with one attached hydrogen (secondary N) is 1. The predicted molar refractivity (Wildman–Crippen MR) is 118 cm³/mol. The zero-order valence-corrected chi connectivity index (χ0v) is 17.6. The second-order valence-electron chi connectivity index (χ2n) is 6.68. The van der Waals surface area contributed by atoms with Crippen LogP contribution in [-0.4, -0.2) is 35.3 Å². The van der Waals surface area contributed by atoms with Crippen molar-refractivity contribution in [2.75, 3.05) is 14.2 Å². The maximum atomic E-state index is 13.3. The molecule has 0 spiro atoms. The van der Waals surface area contributed by atoms with Crippen LogP contribution >= 0.6 is 11.6 Å². The highest BCUT2D eigenvalue weighted by Gasteiger charge is 2.24. The van der Waals surface area contributed by atoms with Crippen molar-refractivity contribution in [3.8, 4) is 17.2 Å². The minimum Gasteiger partial charge on any atom is -0.496 e. The Morgan fingerprint density at radius 3 is 2.42 bits per heavy atom. The maximum Gasteiger partial charge on any atom is 0.215 e. The summed E-state index contributed by atoms with van der Waals surface area (Å²) in [4.78, 5) is 29.6. The van der Waals surface area contributed by atoms with Gasteiger partial charge < -0.3 is 19.0 Å². The highest BCUT2D eigenvalue weighted by Crippen LogP contribution is 2.31. The molecule has 0 saturated carbocycles. The van der Waals surface area contributed by atoms with E-state index in [9.17, 15) is 9.59 Å². The SMILES string of the molecule is COc1ccccc1C(=O)c1[nH]ccc1-n1cccc1C(=O)c1cccc(Cl)c1OC. The van der Waals surface area contributed by atoms with E-state index >= 15 is 0 Å². The first-order chi connectivity index (χ1) is 15.1. The zero-order chi connectivity index (χ0) is 22.0. The molecule has 4 aromatic rings. The molecule has 6 nitrogen and oxygen atoms in total. The van der Waals surface area contributed by atoms with E-state index in [-0.39, 0.29) is 11.6 Å². The minimum atomic E-state index is -0.277. The van der Waals surface area contributed by atoms with Crippen molar-refractivity contribution in [1.82, 2.24) is 9.55 Å². The molecule has 0 atom stereocenters. The highest BCUT2D eigenvalue weighted by atomic mass is 35.5. The summed E-state index contributed by atoms with van der Waals surface area (Å²) in [5.41, 5.74) is 2.01. The fourth-order valence-electron chi connectivity index (χ4n) is 3.52. The molecule has 4 rings (SSSR count). The first-order valence-electron chi connectivity index (χ1n) is 9.46. The van der Waals surface area contributed by atoms with Crippen molar-refractivity contribution in [2.24, 2.45) is 0 Å². The van der Waals surface area contributed by atoms with Gasteiger partial charge >= 0.3 is 0 Å². The molecule has 2 heterocycles. The van der Waals surface area contributed by atoms with Crippen LogP contribution in [0.4, 0.5) is 0 Å². The molecule has 0 fully saturated rings. The number of hydrogen-bond acceptors (Lipinski definition) is 4. The Balaban J connectivity index is 1.78. The summed E-state index contributed by atoms with van der Waals surface area (Å²) in [6.45, 7) is 0. The summed E-state index contributed by atoms with van der Waals surface area (Å²) in [7, 11) is 2.98. The predicted octanol–water partition coefficient (Wildman–Crippen LogP) is 4.94. The molecule has 0 radical (unpaired) electrons. The molecule has 0 bridgehead atoms. The smallest absolute Gasteiger partial charge is 0.215 e. The number of carbonyl (C=O) groups excluding carboxylic acids is 2. The van der Waals surface area contributed by atoms with Crippen molar-refractivity contribution in [2.45, 2.75) is 0 Å². The van der Waals surface area contributed by atoms with Crippen LogP contribution in [0.1, 0.15) is 32.1 Å². The Kier molecular flexibility index (Phi) is 5.64. The van der Waals surface area contributed by atoms with E-state index in [0.29, 0.717) is 44.7 Å². The van der Waals surface area contributed by atoms with Gasteiger partial charge in [0.05, 0.1) is 41.8 Å². The van der Waals surface area contributed by atoms with Gasteiger partial charge in [-0.2, -0.15) is 0 Å². The Morgan fingerprint density at radius 1 is 0.871 bits per heavy atom. The number of ketones is 2. The van der Waals surface area contributed by atoms with E-state index in [2.05, 4.69) is 4.98 Å². The van der Waals surface area contributed by atoms with E-state index in [1.807, 2.05) is 0 Å². The van der Waals surface area contributed by atoms with Crippen LogP contribution in [0.25, 0.3) is 5.69 Å². The van der Waals surface area contributed by atoms with Crippen LogP contribution in [0.15, 0.2) is 73.1 Å². The number of methoxy groups -OCH3 is 2. The number of para-hydroxylation sites is 2. The summed E-state index contributed by atoms with van der Waals surface area (Å²) in [5.74, 6) is 0.257. The molecule has 7 heteroatoms. The number of hydrogen-bond donors (Lipinski definition) is 1. The minimum absolute atomic E-state index is 0.245. The molecule has 0 aliphatic rings. The average molecular weight is 435 g/mol. The van der Waals surface area contributed by atoms with E-state index in [1.165, 1.54) is 14.2 Å². The van der Waals surface area contributed by atoms with Crippen molar-refractivity contribution in [1.29, 1.82) is 0 Å². The zero-order valence-electron chi connectivity index (χ0n) is 16.9. The van der Waals surface area contributed by atoms with E-state index in [4.69, 9.17) is 21.1 Å². The van der Waals surface area contributed by atoms with Gasteiger partial charge in [-0.05, 0) is 42.5 Å². The lowest BCUT2D eigenvalue weighted by molar-refractivity contribution is 0.101. The van der Waals surface area contributed by atoms with Gasteiger partial charge in [-0.15, -0.1) is 0 Å². The molecule has 1 N–H and O–H groups in total. The van der Waals surface area contributed by atoms with Gasteiger partial charge in [0.25, 0.3) is 0 Å². The Bertz CT molecular complexity index is 1270. The van der Waals surface area contributed by atoms with Gasteiger partial charge in [0.1, 0.15) is 17.2 Å². The molecule has 0 unspecified atom stereocenters. The number of carbonyl (C=O) groups is 2. The molecule has 0 aliphatic carbocycles. The number of ether oxygens (including phenoxy) is 2. The summed E-state index contributed by atoms with van der Waals surface area (Å²) in [5, 5.41) is 0.347. The van der Waals surface area contributed by atoms with Crippen molar-refractivity contribution in [3.05, 3.63) is 101 Å². The summed E-state index contributed by atoms with van der Waals surface area (Å²) < 4.78 is 12.3. The van der Waals surface area contributed by atoms with Crippen LogP contribution in [-0.2, 0) is 0 Å². The van der Waals surface area contributed by atoms with Crippen LogP contribution in [0, 0.1) is 0 Å². The van der Waals surface area contributed by atoms with Gasteiger partial charge in [-0.3, -0.25) is 9.59 Å². The lowest BCUT2D eigenvalue weighted by atomic mass is 10.1. The molecular weight excluding hydrogens is 416 g/mol. The molecule has 156 valence electrons. The number of aromatic amines is 1. The molecular formula is C24H19ClN2O4. The van der Waals surface area contributed by atoms with Crippen LogP contribution in [0.3, 0.4) is 0 Å². The third kappa shape index (κ3) is 3.62. The van der Waals surface area contributed by atoms with Crippen LogP contribution < -0.4 is 9.47 Å². The van der Waals surface area contributed by atoms with Gasteiger partial charge in [-0.1, -0.05) is 29.8 Å². The number of nitrogens with zero attached hydrogens (tertiary/aromatic N) is 1. The topological polar surface area (TPSA) is 73.3 Å². The fraction of sp³-hybridized carbons (Fsp3) is 0.0833. The van der Waals surface area contributed by atoms with Crippen molar-refractivity contribution in [3.63, 3.8) is 0 Å². The standard InChI is InChI=1S/C24H19ClN2O4/c1-30-20-11-4-3-7-15(20)23(29)21-18(12-13-26-21)27-14-6-10-19(27)22(28)16-8-5-9-17(25)24(16)31-2/h3-14,26H,1-2H3.